The van der Waals surface area contributed by atoms with Gasteiger partial charge in [-0.1, -0.05) is 13.8 Å². The van der Waals surface area contributed by atoms with Crippen LogP contribution >= 0.6 is 24.0 Å². The Hall–Kier alpha value is -1.29. The van der Waals surface area contributed by atoms with Crippen LogP contribution in [-0.4, -0.2) is 37.2 Å². The van der Waals surface area contributed by atoms with E-state index < -0.39 is 5.91 Å². The van der Waals surface area contributed by atoms with Crippen molar-refractivity contribution in [1.29, 1.82) is 0 Å². The minimum atomic E-state index is -0.578. The number of methoxy groups -OCH3 is 1. The molecule has 2 rings (SSSR count). The number of hydrogen-bond donors (Lipinski definition) is 3. The van der Waals surface area contributed by atoms with E-state index >= 15 is 0 Å². The summed E-state index contributed by atoms with van der Waals surface area (Å²) in [7, 11) is 1.75. The van der Waals surface area contributed by atoms with Crippen LogP contribution < -0.4 is 16.4 Å². The summed E-state index contributed by atoms with van der Waals surface area (Å²) in [6, 6.07) is 3.53. The minimum Gasteiger partial charge on any atom is -0.454 e. The second-order valence-electron chi connectivity index (χ2n) is 6.88. The molecular weight excluding hydrogens is 435 g/mol. The third-order valence-electron chi connectivity index (χ3n) is 5.23. The third kappa shape index (κ3) is 4.46. The number of ether oxygens (including phenoxy) is 1. The lowest BCUT2D eigenvalue weighted by molar-refractivity contribution is -0.176. The number of carbonyl (C=O) groups excluding carboxylic acids is 1. The molecule has 25 heavy (non-hydrogen) atoms. The molecule has 1 amide bonds. The first kappa shape index (κ1) is 21.8. The van der Waals surface area contributed by atoms with Crippen LogP contribution in [-0.2, 0) is 11.3 Å². The largest absolute Gasteiger partial charge is 0.454 e. The Morgan fingerprint density at radius 1 is 1.44 bits per heavy atom. The number of carbonyl (C=O) groups is 1. The van der Waals surface area contributed by atoms with Crippen molar-refractivity contribution in [3.05, 3.63) is 23.7 Å². The summed E-state index contributed by atoms with van der Waals surface area (Å²) >= 11 is 0. The van der Waals surface area contributed by atoms with Crippen LogP contribution in [0.4, 0.5) is 0 Å². The fourth-order valence-corrected chi connectivity index (χ4v) is 2.96. The molecule has 2 unspecified atom stereocenters. The SMILES string of the molecule is CCNC(=NCc1ccc(C(N)=O)o1)NC1CC(C)(OC)C1(C)C.I. The van der Waals surface area contributed by atoms with Crippen molar-refractivity contribution in [2.45, 2.75) is 52.3 Å². The number of amides is 1. The van der Waals surface area contributed by atoms with E-state index in [0.29, 0.717) is 18.3 Å². The summed E-state index contributed by atoms with van der Waals surface area (Å²) in [5, 5.41) is 6.69. The van der Waals surface area contributed by atoms with Crippen molar-refractivity contribution in [2.75, 3.05) is 13.7 Å². The van der Waals surface area contributed by atoms with Gasteiger partial charge in [0.25, 0.3) is 5.91 Å². The van der Waals surface area contributed by atoms with Gasteiger partial charge in [0.05, 0.1) is 5.60 Å². The standard InChI is InChI=1S/C17H28N4O3.HI/c1-6-19-15(20-10-11-7-8-12(24-11)14(18)22)21-13-9-17(4,23-5)16(13,2)3;/h7-8,13H,6,9-10H2,1-5H3,(H2,18,22)(H2,19,20,21);1H. The third-order valence-corrected chi connectivity index (χ3v) is 5.23. The van der Waals surface area contributed by atoms with Gasteiger partial charge in [-0.2, -0.15) is 0 Å². The zero-order valence-electron chi connectivity index (χ0n) is 15.5. The molecule has 1 aliphatic carbocycles. The molecule has 1 heterocycles. The fourth-order valence-electron chi connectivity index (χ4n) is 2.96. The Labute approximate surface area is 166 Å². The highest BCUT2D eigenvalue weighted by molar-refractivity contribution is 14.0. The van der Waals surface area contributed by atoms with Gasteiger partial charge in [0, 0.05) is 25.1 Å². The number of nitrogens with one attached hydrogen (secondary N) is 2. The summed E-state index contributed by atoms with van der Waals surface area (Å²) in [6.45, 7) is 9.60. The smallest absolute Gasteiger partial charge is 0.284 e. The number of nitrogens with zero attached hydrogens (tertiary/aromatic N) is 1. The van der Waals surface area contributed by atoms with E-state index in [0.717, 1.165) is 13.0 Å². The number of nitrogens with two attached hydrogens (primary N) is 1. The molecule has 0 aliphatic heterocycles. The molecule has 1 saturated carbocycles. The number of halogens is 1. The Bertz CT molecular complexity index is 629. The van der Waals surface area contributed by atoms with Gasteiger partial charge in [-0.15, -0.1) is 24.0 Å². The van der Waals surface area contributed by atoms with Gasteiger partial charge >= 0.3 is 0 Å². The van der Waals surface area contributed by atoms with Crippen molar-refractivity contribution >= 4 is 35.8 Å². The maximum Gasteiger partial charge on any atom is 0.284 e. The van der Waals surface area contributed by atoms with Crippen LogP contribution in [0.3, 0.4) is 0 Å². The van der Waals surface area contributed by atoms with Crippen LogP contribution in [0.1, 0.15) is 50.4 Å². The van der Waals surface area contributed by atoms with Crippen LogP contribution in [0.15, 0.2) is 21.5 Å². The van der Waals surface area contributed by atoms with E-state index in [9.17, 15) is 4.79 Å². The van der Waals surface area contributed by atoms with Crippen LogP contribution in [0.5, 0.6) is 0 Å². The topological polar surface area (TPSA) is 102 Å². The molecule has 1 aromatic rings. The van der Waals surface area contributed by atoms with E-state index in [-0.39, 0.29) is 46.8 Å². The van der Waals surface area contributed by atoms with Crippen molar-refractivity contribution in [3.63, 3.8) is 0 Å². The second-order valence-corrected chi connectivity index (χ2v) is 6.88. The zero-order valence-corrected chi connectivity index (χ0v) is 17.8. The molecule has 4 N–H and O–H groups in total. The predicted octanol–water partition coefficient (Wildman–Crippen LogP) is 2.26. The van der Waals surface area contributed by atoms with E-state index in [1.54, 1.807) is 19.2 Å². The van der Waals surface area contributed by atoms with E-state index in [2.05, 4.69) is 36.4 Å². The Kier molecular flexibility index (Phi) is 7.30. The lowest BCUT2D eigenvalue weighted by Gasteiger charge is -2.59. The van der Waals surface area contributed by atoms with Crippen LogP contribution in [0.2, 0.25) is 0 Å². The normalized spacial score (nSPS) is 24.8. The lowest BCUT2D eigenvalue weighted by atomic mass is 9.56. The summed E-state index contributed by atoms with van der Waals surface area (Å²) in [4.78, 5) is 15.6. The Morgan fingerprint density at radius 2 is 2.12 bits per heavy atom. The number of guanidine groups is 1. The average molecular weight is 464 g/mol. The quantitative estimate of drug-likeness (QED) is 0.341. The molecule has 0 radical (unpaired) electrons. The molecule has 0 saturated heterocycles. The van der Waals surface area contributed by atoms with Gasteiger partial charge in [0.2, 0.25) is 0 Å². The number of primary amides is 1. The fraction of sp³-hybridized carbons (Fsp3) is 0.647. The summed E-state index contributed by atoms with van der Waals surface area (Å²) < 4.78 is 11.0. The summed E-state index contributed by atoms with van der Waals surface area (Å²) in [5.74, 6) is 0.876. The molecule has 7 nitrogen and oxygen atoms in total. The van der Waals surface area contributed by atoms with Crippen LogP contribution in [0, 0.1) is 5.41 Å². The molecule has 8 heteroatoms. The maximum absolute atomic E-state index is 11.1. The first-order chi connectivity index (χ1) is 11.2. The molecule has 0 aromatic carbocycles. The first-order valence-corrected chi connectivity index (χ1v) is 8.22. The Morgan fingerprint density at radius 3 is 2.60 bits per heavy atom. The van der Waals surface area contributed by atoms with E-state index in [1.807, 2.05) is 6.92 Å². The zero-order chi connectivity index (χ0) is 18.0. The van der Waals surface area contributed by atoms with E-state index in [1.165, 1.54) is 0 Å². The van der Waals surface area contributed by atoms with Gasteiger partial charge in [-0.05, 0) is 32.4 Å². The maximum atomic E-state index is 11.1. The number of rotatable bonds is 6. The van der Waals surface area contributed by atoms with Gasteiger partial charge in [-0.3, -0.25) is 4.79 Å². The van der Waals surface area contributed by atoms with Crippen molar-refractivity contribution < 1.29 is 13.9 Å². The van der Waals surface area contributed by atoms with Crippen molar-refractivity contribution in [3.8, 4) is 0 Å². The molecule has 1 aliphatic rings. The number of aliphatic imine (C=N–C) groups is 1. The highest BCUT2D eigenvalue weighted by Gasteiger charge is 2.58. The highest BCUT2D eigenvalue weighted by Crippen LogP contribution is 2.51. The number of furan rings is 1. The van der Waals surface area contributed by atoms with Crippen molar-refractivity contribution in [2.24, 2.45) is 16.1 Å². The second kappa shape index (κ2) is 8.39. The lowest BCUT2D eigenvalue weighted by Crippen LogP contribution is -2.69. The van der Waals surface area contributed by atoms with E-state index in [4.69, 9.17) is 14.9 Å². The minimum absolute atomic E-state index is 0. The molecule has 0 spiro atoms. The predicted molar refractivity (Wildman–Crippen MR) is 108 cm³/mol. The monoisotopic (exact) mass is 464 g/mol. The number of hydrogen-bond acceptors (Lipinski definition) is 4. The molecule has 0 bridgehead atoms. The Balaban J connectivity index is 0.00000312. The molecule has 142 valence electrons. The van der Waals surface area contributed by atoms with Gasteiger partial charge in [0.15, 0.2) is 11.7 Å². The summed E-state index contributed by atoms with van der Waals surface area (Å²) in [6.07, 6.45) is 0.910. The van der Waals surface area contributed by atoms with Crippen molar-refractivity contribution in [1.82, 2.24) is 10.6 Å². The molecule has 1 aromatic heterocycles. The average Bonchev–Trinajstić information content (AvgIpc) is 3.01. The summed E-state index contributed by atoms with van der Waals surface area (Å²) in [5.41, 5.74) is 5.03. The molecule has 2 atom stereocenters. The first-order valence-electron chi connectivity index (χ1n) is 8.22. The van der Waals surface area contributed by atoms with Crippen LogP contribution in [0.25, 0.3) is 0 Å². The highest BCUT2D eigenvalue weighted by atomic mass is 127. The van der Waals surface area contributed by atoms with Gasteiger partial charge < -0.3 is 25.5 Å². The molecular formula is C17H29IN4O3. The van der Waals surface area contributed by atoms with Gasteiger partial charge in [0.1, 0.15) is 12.3 Å². The molecule has 1 fully saturated rings. The van der Waals surface area contributed by atoms with Gasteiger partial charge in [-0.25, -0.2) is 4.99 Å².